The van der Waals surface area contributed by atoms with Gasteiger partial charge in [-0.05, 0) is 12.1 Å². The number of hydrogen-bond acceptors (Lipinski definition) is 5. The Morgan fingerprint density at radius 3 is 2.32 bits per heavy atom. The van der Waals surface area contributed by atoms with Crippen molar-refractivity contribution < 1.29 is 29.1 Å². The zero-order valence-corrected chi connectivity index (χ0v) is 11.1. The topological polar surface area (TPSA) is 125 Å². The number of hydroxylamine groups is 2. The number of carboxylic acid groups (broad SMARTS) is 1. The second-order valence-corrected chi connectivity index (χ2v) is 4.79. The number of imide groups is 1. The first kappa shape index (κ1) is 14.0. The maximum Gasteiger partial charge on any atom is 0.405 e. The van der Waals surface area contributed by atoms with Crippen molar-refractivity contribution in [2.45, 2.75) is 12.1 Å². The third kappa shape index (κ3) is 2.17. The normalized spacial score (nSPS) is 22.9. The van der Waals surface area contributed by atoms with Crippen LogP contribution in [-0.4, -0.2) is 52.7 Å². The minimum absolute atomic E-state index is 0.206. The second kappa shape index (κ2) is 5.11. The molecule has 9 heteroatoms. The molecule has 4 amide bonds. The van der Waals surface area contributed by atoms with Crippen molar-refractivity contribution in [2.75, 3.05) is 6.61 Å². The highest BCUT2D eigenvalue weighted by Gasteiger charge is 2.43. The lowest BCUT2D eigenvalue weighted by atomic mass is 10.0. The van der Waals surface area contributed by atoms with Crippen molar-refractivity contribution in [1.82, 2.24) is 15.7 Å². The minimum atomic E-state index is -1.34. The van der Waals surface area contributed by atoms with E-state index in [2.05, 4.69) is 5.32 Å². The van der Waals surface area contributed by atoms with E-state index in [1.54, 1.807) is 12.1 Å². The number of nitrogens with zero attached hydrogens (tertiary/aromatic N) is 1. The zero-order valence-electron chi connectivity index (χ0n) is 11.1. The Labute approximate surface area is 123 Å². The third-order valence-corrected chi connectivity index (χ3v) is 3.43. The van der Waals surface area contributed by atoms with Crippen LogP contribution in [0.5, 0.6) is 0 Å². The Bertz CT molecular complexity index is 653. The van der Waals surface area contributed by atoms with E-state index in [0.29, 0.717) is 5.06 Å². The molecule has 1 saturated heterocycles. The van der Waals surface area contributed by atoms with Gasteiger partial charge in [0.05, 0.1) is 23.8 Å². The van der Waals surface area contributed by atoms with Crippen molar-refractivity contribution in [3.05, 3.63) is 35.4 Å². The average Bonchev–Trinajstić information content (AvgIpc) is 2.74. The van der Waals surface area contributed by atoms with Crippen LogP contribution in [-0.2, 0) is 9.63 Å². The molecule has 0 radical (unpaired) electrons. The van der Waals surface area contributed by atoms with Gasteiger partial charge in [0, 0.05) is 0 Å². The standard InChI is InChI=1S/C13H11N3O6/c17-10-9(15-13(20)21)8(14-10)5-22-16-11(18)6-3-1-2-4-7(6)12(16)19/h1-4,8-9,15H,5H2,(H,14,17)(H,20,21). The molecule has 0 aliphatic carbocycles. The van der Waals surface area contributed by atoms with E-state index in [4.69, 9.17) is 9.94 Å². The van der Waals surface area contributed by atoms with Gasteiger partial charge in [-0.15, -0.1) is 5.06 Å². The van der Waals surface area contributed by atoms with Gasteiger partial charge in [0.1, 0.15) is 6.04 Å². The van der Waals surface area contributed by atoms with Crippen molar-refractivity contribution in [3.8, 4) is 0 Å². The van der Waals surface area contributed by atoms with Gasteiger partial charge in [-0.3, -0.25) is 19.2 Å². The number of hydrogen-bond donors (Lipinski definition) is 3. The Hall–Kier alpha value is -2.94. The highest BCUT2D eigenvalue weighted by atomic mass is 16.7. The van der Waals surface area contributed by atoms with Crippen LogP contribution >= 0.6 is 0 Å². The summed E-state index contributed by atoms with van der Waals surface area (Å²) >= 11 is 0. The van der Waals surface area contributed by atoms with E-state index < -0.39 is 35.9 Å². The summed E-state index contributed by atoms with van der Waals surface area (Å²) in [6.07, 6.45) is -1.34. The van der Waals surface area contributed by atoms with Gasteiger partial charge in [-0.2, -0.15) is 0 Å². The first-order valence-electron chi connectivity index (χ1n) is 6.39. The van der Waals surface area contributed by atoms with E-state index >= 15 is 0 Å². The average molecular weight is 305 g/mol. The molecule has 0 saturated carbocycles. The predicted octanol–water partition coefficient (Wildman–Crippen LogP) is -0.651. The van der Waals surface area contributed by atoms with E-state index in [0.717, 1.165) is 0 Å². The lowest BCUT2D eigenvalue weighted by Gasteiger charge is -2.36. The number of nitrogens with one attached hydrogen (secondary N) is 2. The number of rotatable bonds is 4. The number of carbonyl (C=O) groups excluding carboxylic acids is 3. The van der Waals surface area contributed by atoms with E-state index in [-0.39, 0.29) is 17.7 Å². The van der Waals surface area contributed by atoms with Gasteiger partial charge in [-0.25, -0.2) is 4.79 Å². The van der Waals surface area contributed by atoms with Crippen molar-refractivity contribution in [2.24, 2.45) is 0 Å². The summed E-state index contributed by atoms with van der Waals surface area (Å²) in [5, 5.41) is 13.7. The molecule has 0 bridgehead atoms. The molecule has 2 heterocycles. The molecular formula is C13H11N3O6. The highest BCUT2D eigenvalue weighted by molar-refractivity contribution is 6.20. The van der Waals surface area contributed by atoms with Crippen LogP contribution in [0.3, 0.4) is 0 Å². The lowest BCUT2D eigenvalue weighted by molar-refractivity contribution is -0.140. The van der Waals surface area contributed by atoms with Crippen LogP contribution in [0, 0.1) is 0 Å². The van der Waals surface area contributed by atoms with Crippen LogP contribution in [0.25, 0.3) is 0 Å². The van der Waals surface area contributed by atoms with Gasteiger partial charge in [0.15, 0.2) is 0 Å². The summed E-state index contributed by atoms with van der Waals surface area (Å²) in [5.41, 5.74) is 0.482. The van der Waals surface area contributed by atoms with Crippen LogP contribution in [0.2, 0.25) is 0 Å². The SMILES string of the molecule is O=C(O)NC1C(=O)NC1CON1C(=O)c2ccccc2C1=O. The maximum absolute atomic E-state index is 12.0. The fourth-order valence-corrected chi connectivity index (χ4v) is 2.32. The van der Waals surface area contributed by atoms with Crippen molar-refractivity contribution >= 4 is 23.8 Å². The van der Waals surface area contributed by atoms with Crippen LogP contribution < -0.4 is 10.6 Å². The van der Waals surface area contributed by atoms with Gasteiger partial charge in [0.2, 0.25) is 5.91 Å². The second-order valence-electron chi connectivity index (χ2n) is 4.79. The molecule has 1 aromatic rings. The molecule has 22 heavy (non-hydrogen) atoms. The number of fused-ring (bicyclic) bond motifs is 1. The van der Waals surface area contributed by atoms with E-state index in [9.17, 15) is 19.2 Å². The summed E-state index contributed by atoms with van der Waals surface area (Å²) in [4.78, 5) is 51.0. The Morgan fingerprint density at radius 2 is 1.82 bits per heavy atom. The highest BCUT2D eigenvalue weighted by Crippen LogP contribution is 2.23. The molecule has 1 aromatic carbocycles. The molecule has 2 aliphatic rings. The van der Waals surface area contributed by atoms with Gasteiger partial charge < -0.3 is 15.7 Å². The molecule has 3 N–H and O–H groups in total. The quantitative estimate of drug-likeness (QED) is 0.501. The van der Waals surface area contributed by atoms with Crippen molar-refractivity contribution in [1.29, 1.82) is 0 Å². The summed E-state index contributed by atoms with van der Waals surface area (Å²) in [7, 11) is 0. The molecule has 0 aromatic heterocycles. The maximum atomic E-state index is 12.0. The Balaban J connectivity index is 1.64. The third-order valence-electron chi connectivity index (χ3n) is 3.43. The fraction of sp³-hybridized carbons (Fsp3) is 0.231. The molecule has 3 rings (SSSR count). The van der Waals surface area contributed by atoms with Crippen molar-refractivity contribution in [3.63, 3.8) is 0 Å². The molecule has 2 aliphatic heterocycles. The van der Waals surface area contributed by atoms with Crippen LogP contribution in [0.4, 0.5) is 4.79 Å². The van der Waals surface area contributed by atoms with Crippen LogP contribution in [0.1, 0.15) is 20.7 Å². The van der Waals surface area contributed by atoms with Gasteiger partial charge in [-0.1, -0.05) is 12.1 Å². The molecule has 9 nitrogen and oxygen atoms in total. The summed E-state index contributed by atoms with van der Waals surface area (Å²) in [6.45, 7) is -0.206. The molecule has 114 valence electrons. The number of benzene rings is 1. The first-order valence-corrected chi connectivity index (χ1v) is 6.39. The number of β-lactam (4-membered cyclic amide) rings is 1. The summed E-state index contributed by atoms with van der Waals surface area (Å²) < 4.78 is 0. The first-order chi connectivity index (χ1) is 10.5. The summed E-state index contributed by atoms with van der Waals surface area (Å²) in [5.74, 6) is -1.67. The molecule has 0 spiro atoms. The Morgan fingerprint density at radius 1 is 1.23 bits per heavy atom. The number of carbonyl (C=O) groups is 4. The van der Waals surface area contributed by atoms with E-state index in [1.807, 2.05) is 5.32 Å². The van der Waals surface area contributed by atoms with Gasteiger partial charge >= 0.3 is 6.09 Å². The fourth-order valence-electron chi connectivity index (χ4n) is 2.32. The molecule has 2 atom stereocenters. The zero-order chi connectivity index (χ0) is 15.9. The summed E-state index contributed by atoms with van der Waals surface area (Å²) in [6, 6.07) is 4.68. The van der Waals surface area contributed by atoms with E-state index in [1.165, 1.54) is 12.1 Å². The Kier molecular flexibility index (Phi) is 3.26. The largest absolute Gasteiger partial charge is 0.465 e. The van der Waals surface area contributed by atoms with Gasteiger partial charge in [0.25, 0.3) is 11.8 Å². The predicted molar refractivity (Wildman–Crippen MR) is 69.8 cm³/mol. The molecule has 1 fully saturated rings. The monoisotopic (exact) mass is 305 g/mol. The molecule has 2 unspecified atom stereocenters. The minimum Gasteiger partial charge on any atom is -0.465 e. The van der Waals surface area contributed by atoms with Crippen LogP contribution in [0.15, 0.2) is 24.3 Å². The molecular weight excluding hydrogens is 294 g/mol. The number of amides is 4. The smallest absolute Gasteiger partial charge is 0.405 e. The lowest BCUT2D eigenvalue weighted by Crippen LogP contribution is -2.70.